The number of carbonyl (C=O) groups is 2. The van der Waals surface area contributed by atoms with E-state index < -0.39 is 23.7 Å². The van der Waals surface area contributed by atoms with Gasteiger partial charge in [0.1, 0.15) is 18.2 Å². The van der Waals surface area contributed by atoms with Gasteiger partial charge >= 0.3 is 12.1 Å². The van der Waals surface area contributed by atoms with Crippen molar-refractivity contribution < 1.29 is 19.1 Å². The van der Waals surface area contributed by atoms with E-state index in [4.69, 9.17) is 9.47 Å². The van der Waals surface area contributed by atoms with Gasteiger partial charge in [0.15, 0.2) is 0 Å². The standard InChI is InChI=1S/C19H25NO4/c1-5-6-8-13-16(20-18(22)24-19(2,3)4)17(21)23-14-15-11-9-7-10-12-15/h5,7-12,16H,13-14H2,1-4H3,(H,20,22)/t6?,16-/m0/s1. The molecule has 1 N–H and O–H groups in total. The van der Waals surface area contributed by atoms with E-state index in [2.05, 4.69) is 11.0 Å². The van der Waals surface area contributed by atoms with E-state index in [0.717, 1.165) is 5.56 Å². The first-order valence-corrected chi connectivity index (χ1v) is 7.87. The second-order valence-electron chi connectivity index (χ2n) is 6.19. The number of alkyl carbamates (subject to hydrolysis) is 1. The molecule has 0 heterocycles. The summed E-state index contributed by atoms with van der Waals surface area (Å²) in [5.41, 5.74) is 3.12. The predicted octanol–water partition coefficient (Wildman–Crippen LogP) is 3.74. The Morgan fingerprint density at radius 1 is 1.25 bits per heavy atom. The van der Waals surface area contributed by atoms with Gasteiger partial charge in [0.25, 0.3) is 0 Å². The van der Waals surface area contributed by atoms with Crippen molar-refractivity contribution in [3.05, 3.63) is 53.8 Å². The van der Waals surface area contributed by atoms with Crippen LogP contribution in [-0.4, -0.2) is 23.7 Å². The molecule has 0 unspecified atom stereocenters. The lowest BCUT2D eigenvalue weighted by Crippen LogP contribution is -2.44. The van der Waals surface area contributed by atoms with Crippen LogP contribution >= 0.6 is 0 Å². The Bertz CT molecular complexity index is 596. The van der Waals surface area contributed by atoms with Crippen molar-refractivity contribution in [2.75, 3.05) is 0 Å². The SMILES string of the molecule is CC=C=CC[C@H](NC(=O)OC(C)(C)C)C(=O)OCc1ccccc1. The second kappa shape index (κ2) is 9.58. The van der Waals surface area contributed by atoms with Gasteiger partial charge < -0.3 is 14.8 Å². The Balaban J connectivity index is 2.67. The van der Waals surface area contributed by atoms with Crippen LogP contribution in [0.3, 0.4) is 0 Å². The molecular formula is C19H25NO4. The van der Waals surface area contributed by atoms with Crippen molar-refractivity contribution in [1.29, 1.82) is 0 Å². The molecule has 5 heteroatoms. The fourth-order valence-corrected chi connectivity index (χ4v) is 1.80. The number of hydrogen-bond acceptors (Lipinski definition) is 4. The number of benzene rings is 1. The van der Waals surface area contributed by atoms with E-state index in [1.54, 1.807) is 32.9 Å². The number of hydrogen-bond donors (Lipinski definition) is 1. The molecule has 0 saturated heterocycles. The minimum atomic E-state index is -0.823. The first-order valence-electron chi connectivity index (χ1n) is 7.87. The molecule has 0 aliphatic heterocycles. The molecule has 24 heavy (non-hydrogen) atoms. The molecular weight excluding hydrogens is 306 g/mol. The van der Waals surface area contributed by atoms with Crippen LogP contribution < -0.4 is 5.32 Å². The third kappa shape index (κ3) is 8.20. The predicted molar refractivity (Wildman–Crippen MR) is 92.3 cm³/mol. The fraction of sp³-hybridized carbons (Fsp3) is 0.421. The molecule has 1 atom stereocenters. The van der Waals surface area contributed by atoms with Crippen LogP contribution in [0.4, 0.5) is 4.79 Å². The Hall–Kier alpha value is -2.52. The van der Waals surface area contributed by atoms with Gasteiger partial charge in [-0.25, -0.2) is 9.59 Å². The van der Waals surface area contributed by atoms with Crippen molar-refractivity contribution in [3.8, 4) is 0 Å². The lowest BCUT2D eigenvalue weighted by molar-refractivity contribution is -0.147. The van der Waals surface area contributed by atoms with Crippen LogP contribution in [0.15, 0.2) is 48.2 Å². The number of nitrogens with one attached hydrogen (secondary N) is 1. The third-order valence-corrected chi connectivity index (χ3v) is 2.84. The van der Waals surface area contributed by atoms with E-state index >= 15 is 0 Å². The normalized spacial score (nSPS) is 11.7. The summed E-state index contributed by atoms with van der Waals surface area (Å²) < 4.78 is 10.5. The second-order valence-corrected chi connectivity index (χ2v) is 6.19. The molecule has 1 amide bonds. The van der Waals surface area contributed by atoms with E-state index in [1.165, 1.54) is 0 Å². The quantitative estimate of drug-likeness (QED) is 0.637. The maximum atomic E-state index is 12.3. The minimum Gasteiger partial charge on any atom is -0.459 e. The molecule has 1 aromatic rings. The fourth-order valence-electron chi connectivity index (χ4n) is 1.80. The molecule has 5 nitrogen and oxygen atoms in total. The molecule has 0 radical (unpaired) electrons. The highest BCUT2D eigenvalue weighted by Crippen LogP contribution is 2.09. The number of ether oxygens (including phenoxy) is 2. The lowest BCUT2D eigenvalue weighted by atomic mass is 10.2. The van der Waals surface area contributed by atoms with Crippen LogP contribution in [0.5, 0.6) is 0 Å². The van der Waals surface area contributed by atoms with Crippen LogP contribution in [-0.2, 0) is 20.9 Å². The zero-order valence-corrected chi connectivity index (χ0v) is 14.7. The number of amides is 1. The topological polar surface area (TPSA) is 64.6 Å². The largest absolute Gasteiger partial charge is 0.459 e. The highest BCUT2D eigenvalue weighted by molar-refractivity contribution is 5.81. The minimum absolute atomic E-state index is 0.152. The molecule has 0 saturated carbocycles. The summed E-state index contributed by atoms with van der Waals surface area (Å²) in [6.45, 7) is 7.25. The Kier molecular flexibility index (Phi) is 7.80. The molecule has 0 fully saturated rings. The maximum Gasteiger partial charge on any atom is 0.408 e. The Labute approximate surface area is 143 Å². The number of carbonyl (C=O) groups excluding carboxylic acids is 2. The smallest absolute Gasteiger partial charge is 0.408 e. The first-order chi connectivity index (χ1) is 11.3. The van der Waals surface area contributed by atoms with Crippen molar-refractivity contribution in [3.63, 3.8) is 0 Å². The molecule has 0 bridgehead atoms. The first kappa shape index (κ1) is 19.5. The van der Waals surface area contributed by atoms with Gasteiger partial charge in [-0.1, -0.05) is 30.3 Å². The molecule has 1 aromatic carbocycles. The summed E-state index contributed by atoms with van der Waals surface area (Å²) in [4.78, 5) is 24.2. The van der Waals surface area contributed by atoms with Gasteiger partial charge in [-0.05, 0) is 45.4 Å². The van der Waals surface area contributed by atoms with Gasteiger partial charge in [0.05, 0.1) is 0 Å². The van der Waals surface area contributed by atoms with E-state index in [1.807, 2.05) is 37.3 Å². The van der Waals surface area contributed by atoms with Crippen LogP contribution in [0.2, 0.25) is 0 Å². The van der Waals surface area contributed by atoms with E-state index in [0.29, 0.717) is 0 Å². The van der Waals surface area contributed by atoms with E-state index in [-0.39, 0.29) is 13.0 Å². The zero-order chi connectivity index (χ0) is 18.0. The lowest BCUT2D eigenvalue weighted by Gasteiger charge is -2.22. The molecule has 0 aliphatic carbocycles. The van der Waals surface area contributed by atoms with Crippen molar-refractivity contribution in [2.24, 2.45) is 0 Å². The van der Waals surface area contributed by atoms with Gasteiger partial charge in [0.2, 0.25) is 0 Å². The monoisotopic (exact) mass is 331 g/mol. The summed E-state index contributed by atoms with van der Waals surface area (Å²) in [7, 11) is 0. The van der Waals surface area contributed by atoms with Gasteiger partial charge in [-0.2, -0.15) is 0 Å². The van der Waals surface area contributed by atoms with Gasteiger partial charge in [0, 0.05) is 6.42 Å². The molecule has 0 aromatic heterocycles. The molecule has 0 aliphatic rings. The Morgan fingerprint density at radius 3 is 2.50 bits per heavy atom. The van der Waals surface area contributed by atoms with Crippen LogP contribution in [0.25, 0.3) is 0 Å². The molecule has 0 spiro atoms. The molecule has 1 rings (SSSR count). The van der Waals surface area contributed by atoms with Crippen molar-refractivity contribution >= 4 is 12.1 Å². The Morgan fingerprint density at radius 2 is 1.92 bits per heavy atom. The van der Waals surface area contributed by atoms with Gasteiger partial charge in [-0.3, -0.25) is 0 Å². The summed E-state index contributed by atoms with van der Waals surface area (Å²) >= 11 is 0. The van der Waals surface area contributed by atoms with Crippen molar-refractivity contribution in [1.82, 2.24) is 5.32 Å². The number of esters is 1. The third-order valence-electron chi connectivity index (χ3n) is 2.84. The van der Waals surface area contributed by atoms with Gasteiger partial charge in [-0.15, -0.1) is 5.73 Å². The summed E-state index contributed by atoms with van der Waals surface area (Å²) in [6.07, 6.45) is 3.01. The summed E-state index contributed by atoms with van der Waals surface area (Å²) in [6, 6.07) is 8.53. The van der Waals surface area contributed by atoms with Crippen LogP contribution in [0, 0.1) is 0 Å². The van der Waals surface area contributed by atoms with Crippen LogP contribution in [0.1, 0.15) is 39.7 Å². The average Bonchev–Trinajstić information content (AvgIpc) is 2.51. The molecule has 130 valence electrons. The summed E-state index contributed by atoms with van der Waals surface area (Å²) in [5, 5.41) is 2.55. The highest BCUT2D eigenvalue weighted by Gasteiger charge is 2.24. The number of rotatable bonds is 6. The van der Waals surface area contributed by atoms with Crippen molar-refractivity contribution in [2.45, 2.75) is 52.4 Å². The maximum absolute atomic E-state index is 12.3. The zero-order valence-electron chi connectivity index (χ0n) is 14.7. The van der Waals surface area contributed by atoms with E-state index in [9.17, 15) is 9.59 Å². The summed E-state index contributed by atoms with van der Waals surface area (Å²) in [5.74, 6) is -0.515. The highest BCUT2D eigenvalue weighted by atomic mass is 16.6. The average molecular weight is 331 g/mol.